The van der Waals surface area contributed by atoms with Gasteiger partial charge in [0.05, 0.1) is 18.1 Å². The molecule has 1 fully saturated rings. The van der Waals surface area contributed by atoms with Crippen molar-refractivity contribution in [2.45, 2.75) is 0 Å². The van der Waals surface area contributed by atoms with Gasteiger partial charge in [0, 0.05) is 45.0 Å². The van der Waals surface area contributed by atoms with Crippen LogP contribution in [0, 0.1) is 0 Å². The largest absolute Gasteiger partial charge is 0.453 e. The number of benzene rings is 1. The van der Waals surface area contributed by atoms with Gasteiger partial charge in [0.15, 0.2) is 0 Å². The number of hydrogen-bond acceptors (Lipinski definition) is 5. The van der Waals surface area contributed by atoms with Crippen LogP contribution in [-0.2, 0) is 11.8 Å². The SMILES string of the molecule is COC(=O)N1CCN(c2cc(-c3nc4ccccc4n3C)ccn2)CC1. The summed E-state index contributed by atoms with van der Waals surface area (Å²) >= 11 is 0. The van der Waals surface area contributed by atoms with Gasteiger partial charge in [0.25, 0.3) is 0 Å². The fraction of sp³-hybridized carbons (Fsp3) is 0.316. The smallest absolute Gasteiger partial charge is 0.409 e. The highest BCUT2D eigenvalue weighted by Crippen LogP contribution is 2.26. The summed E-state index contributed by atoms with van der Waals surface area (Å²) in [5.74, 6) is 1.82. The molecule has 1 aromatic carbocycles. The van der Waals surface area contributed by atoms with Crippen LogP contribution in [0.15, 0.2) is 42.6 Å². The highest BCUT2D eigenvalue weighted by atomic mass is 16.5. The summed E-state index contributed by atoms with van der Waals surface area (Å²) in [6.45, 7) is 2.72. The zero-order chi connectivity index (χ0) is 18.1. The van der Waals surface area contributed by atoms with Gasteiger partial charge in [-0.3, -0.25) is 0 Å². The summed E-state index contributed by atoms with van der Waals surface area (Å²) in [4.78, 5) is 24.8. The third kappa shape index (κ3) is 2.85. The van der Waals surface area contributed by atoms with Gasteiger partial charge < -0.3 is 19.1 Å². The molecular formula is C19H21N5O2. The monoisotopic (exact) mass is 351 g/mol. The molecule has 7 nitrogen and oxygen atoms in total. The molecule has 0 atom stereocenters. The third-order valence-corrected chi connectivity index (χ3v) is 4.83. The van der Waals surface area contributed by atoms with Gasteiger partial charge in [-0.05, 0) is 24.3 Å². The molecule has 3 heterocycles. The van der Waals surface area contributed by atoms with Gasteiger partial charge in [-0.15, -0.1) is 0 Å². The topological polar surface area (TPSA) is 63.5 Å². The molecule has 134 valence electrons. The molecule has 0 spiro atoms. The quantitative estimate of drug-likeness (QED) is 0.710. The molecule has 0 bridgehead atoms. The van der Waals surface area contributed by atoms with Crippen molar-refractivity contribution >= 4 is 22.9 Å². The first-order valence-electron chi connectivity index (χ1n) is 8.63. The molecule has 0 radical (unpaired) electrons. The average molecular weight is 351 g/mol. The standard InChI is InChI=1S/C19H21N5O2/c1-22-16-6-4-3-5-15(16)21-18(22)14-7-8-20-17(13-14)23-9-11-24(12-10-23)19(25)26-2/h3-8,13H,9-12H2,1-2H3. The van der Waals surface area contributed by atoms with E-state index in [1.54, 1.807) is 4.90 Å². The minimum absolute atomic E-state index is 0.272. The van der Waals surface area contributed by atoms with Crippen molar-refractivity contribution in [2.24, 2.45) is 7.05 Å². The maximum absolute atomic E-state index is 11.6. The highest BCUT2D eigenvalue weighted by Gasteiger charge is 2.22. The van der Waals surface area contributed by atoms with E-state index in [1.807, 2.05) is 37.5 Å². The number of nitrogens with zero attached hydrogens (tertiary/aromatic N) is 5. The van der Waals surface area contributed by atoms with E-state index >= 15 is 0 Å². The Balaban J connectivity index is 1.59. The number of ether oxygens (including phenoxy) is 1. The van der Waals surface area contributed by atoms with Crippen LogP contribution in [0.1, 0.15) is 0 Å². The maximum atomic E-state index is 11.6. The zero-order valence-electron chi connectivity index (χ0n) is 14.9. The van der Waals surface area contributed by atoms with Gasteiger partial charge in [-0.1, -0.05) is 12.1 Å². The van der Waals surface area contributed by atoms with Crippen LogP contribution in [0.25, 0.3) is 22.4 Å². The minimum atomic E-state index is -0.272. The summed E-state index contributed by atoms with van der Waals surface area (Å²) in [5.41, 5.74) is 3.12. The molecule has 1 amide bonds. The van der Waals surface area contributed by atoms with Crippen LogP contribution in [0.4, 0.5) is 10.6 Å². The Labute approximate surface area is 151 Å². The molecule has 1 aliphatic heterocycles. The fourth-order valence-corrected chi connectivity index (χ4v) is 3.38. The number of aryl methyl sites for hydroxylation is 1. The lowest BCUT2D eigenvalue weighted by Gasteiger charge is -2.34. The lowest BCUT2D eigenvalue weighted by molar-refractivity contribution is 0.121. The molecule has 1 aliphatic rings. The predicted molar refractivity (Wildman–Crippen MR) is 100 cm³/mol. The maximum Gasteiger partial charge on any atom is 0.409 e. The second-order valence-corrected chi connectivity index (χ2v) is 6.33. The number of para-hydroxylation sites is 2. The van der Waals surface area contributed by atoms with E-state index in [0.717, 1.165) is 41.3 Å². The number of imidazole rings is 1. The van der Waals surface area contributed by atoms with Crippen LogP contribution in [0.5, 0.6) is 0 Å². The Morgan fingerprint density at radius 3 is 2.62 bits per heavy atom. The summed E-state index contributed by atoms with van der Waals surface area (Å²) < 4.78 is 6.89. The van der Waals surface area contributed by atoms with Crippen LogP contribution >= 0.6 is 0 Å². The van der Waals surface area contributed by atoms with Gasteiger partial charge in [-0.2, -0.15) is 0 Å². The number of methoxy groups -OCH3 is 1. The van der Waals surface area contributed by atoms with Crippen molar-refractivity contribution in [3.63, 3.8) is 0 Å². The van der Waals surface area contributed by atoms with Gasteiger partial charge in [0.1, 0.15) is 11.6 Å². The van der Waals surface area contributed by atoms with E-state index < -0.39 is 0 Å². The molecule has 3 aromatic rings. The normalized spacial score (nSPS) is 14.7. The number of aromatic nitrogens is 3. The Kier molecular flexibility index (Phi) is 4.20. The second kappa shape index (κ2) is 6.67. The van der Waals surface area contributed by atoms with Gasteiger partial charge >= 0.3 is 6.09 Å². The predicted octanol–water partition coefficient (Wildman–Crippen LogP) is 2.52. The number of fused-ring (bicyclic) bond motifs is 1. The highest BCUT2D eigenvalue weighted by molar-refractivity contribution is 5.80. The zero-order valence-corrected chi connectivity index (χ0v) is 14.9. The summed E-state index contributed by atoms with van der Waals surface area (Å²) in [6, 6.07) is 12.2. The van der Waals surface area contributed by atoms with Crippen molar-refractivity contribution in [1.82, 2.24) is 19.4 Å². The lowest BCUT2D eigenvalue weighted by Crippen LogP contribution is -2.49. The number of piperazine rings is 1. The van der Waals surface area contributed by atoms with Crippen molar-refractivity contribution in [1.29, 1.82) is 0 Å². The van der Waals surface area contributed by atoms with Gasteiger partial charge in [-0.25, -0.2) is 14.8 Å². The first-order chi connectivity index (χ1) is 12.7. The number of pyridine rings is 1. The third-order valence-electron chi connectivity index (χ3n) is 4.83. The second-order valence-electron chi connectivity index (χ2n) is 6.33. The minimum Gasteiger partial charge on any atom is -0.453 e. The molecule has 26 heavy (non-hydrogen) atoms. The number of hydrogen-bond donors (Lipinski definition) is 0. The molecule has 7 heteroatoms. The molecule has 2 aromatic heterocycles. The van der Waals surface area contributed by atoms with Crippen molar-refractivity contribution in [3.05, 3.63) is 42.6 Å². The Morgan fingerprint density at radius 2 is 1.88 bits per heavy atom. The first-order valence-corrected chi connectivity index (χ1v) is 8.63. The number of rotatable bonds is 2. The van der Waals surface area contributed by atoms with E-state index in [-0.39, 0.29) is 6.09 Å². The molecule has 0 unspecified atom stereocenters. The Bertz CT molecular complexity index is 944. The van der Waals surface area contributed by atoms with Crippen LogP contribution < -0.4 is 4.90 Å². The fourth-order valence-electron chi connectivity index (χ4n) is 3.38. The number of carbonyl (C=O) groups excluding carboxylic acids is 1. The molecule has 0 aliphatic carbocycles. The molecular weight excluding hydrogens is 330 g/mol. The van der Waals surface area contributed by atoms with Gasteiger partial charge in [0.2, 0.25) is 0 Å². The van der Waals surface area contributed by atoms with Crippen molar-refractivity contribution < 1.29 is 9.53 Å². The van der Waals surface area contributed by atoms with Crippen molar-refractivity contribution in [3.8, 4) is 11.4 Å². The molecule has 4 rings (SSSR count). The van der Waals surface area contributed by atoms with E-state index in [2.05, 4.69) is 26.6 Å². The van der Waals surface area contributed by atoms with Crippen LogP contribution in [0.2, 0.25) is 0 Å². The average Bonchev–Trinajstić information content (AvgIpc) is 3.04. The summed E-state index contributed by atoms with van der Waals surface area (Å²) in [6.07, 6.45) is 1.54. The number of anilines is 1. The van der Waals surface area contributed by atoms with E-state index in [1.165, 1.54) is 7.11 Å². The first kappa shape index (κ1) is 16.4. The van der Waals surface area contributed by atoms with E-state index in [0.29, 0.717) is 13.1 Å². The number of amides is 1. The van der Waals surface area contributed by atoms with Crippen LogP contribution in [0.3, 0.4) is 0 Å². The van der Waals surface area contributed by atoms with E-state index in [4.69, 9.17) is 9.72 Å². The van der Waals surface area contributed by atoms with Crippen LogP contribution in [-0.4, -0.2) is 58.8 Å². The molecule has 1 saturated heterocycles. The van der Waals surface area contributed by atoms with E-state index in [9.17, 15) is 4.79 Å². The number of carbonyl (C=O) groups is 1. The molecule has 0 saturated carbocycles. The summed E-state index contributed by atoms with van der Waals surface area (Å²) in [5, 5.41) is 0. The van der Waals surface area contributed by atoms with Crippen molar-refractivity contribution in [2.75, 3.05) is 38.2 Å². The molecule has 0 N–H and O–H groups in total. The lowest BCUT2D eigenvalue weighted by atomic mass is 10.2. The summed E-state index contributed by atoms with van der Waals surface area (Å²) in [7, 11) is 3.44. The Morgan fingerprint density at radius 1 is 1.12 bits per heavy atom. The Hall–Kier alpha value is -3.09.